The van der Waals surface area contributed by atoms with Gasteiger partial charge in [-0.2, -0.15) is 0 Å². The summed E-state index contributed by atoms with van der Waals surface area (Å²) in [5.74, 6) is 2.07. The maximum absolute atomic E-state index is 9.41. The zero-order chi connectivity index (χ0) is 23.6. The quantitative estimate of drug-likeness (QED) is 0.207. The van der Waals surface area contributed by atoms with Gasteiger partial charge in [0.25, 0.3) is 5.82 Å². The van der Waals surface area contributed by atoms with Gasteiger partial charge < -0.3 is 17.5 Å². The van der Waals surface area contributed by atoms with E-state index in [1.165, 1.54) is 107 Å². The van der Waals surface area contributed by atoms with E-state index in [1.54, 1.807) is 0 Å². The van der Waals surface area contributed by atoms with E-state index >= 15 is 0 Å². The molecule has 0 bridgehead atoms. The van der Waals surface area contributed by atoms with Gasteiger partial charge >= 0.3 is 0 Å². The lowest BCUT2D eigenvalue weighted by atomic mass is 10.0. The van der Waals surface area contributed by atoms with Crippen molar-refractivity contribution in [2.45, 2.75) is 123 Å². The Labute approximate surface area is 216 Å². The number of rotatable bonds is 20. The van der Waals surface area contributed by atoms with Gasteiger partial charge in [-0.3, -0.25) is 0 Å². The maximum Gasteiger partial charge on any atom is 0.258 e. The first-order valence-electron chi connectivity index (χ1n) is 13.9. The molecule has 2 rings (SSSR count). The van der Waals surface area contributed by atoms with Gasteiger partial charge in [0, 0.05) is 6.42 Å². The molecule has 0 amide bonds. The molecule has 0 saturated carbocycles. The molecule has 1 heterocycles. The molecule has 2 N–H and O–H groups in total. The number of aliphatic hydroxyl groups excluding tert-OH is 1. The normalized spacial score (nSPS) is 11.2. The van der Waals surface area contributed by atoms with Gasteiger partial charge in [0.05, 0.1) is 13.0 Å². The molecule has 0 saturated heterocycles. The topological polar surface area (TPSA) is 39.9 Å². The Morgan fingerprint density at radius 2 is 1.29 bits per heavy atom. The minimum absolute atomic E-state index is 0. The van der Waals surface area contributed by atoms with Crippen molar-refractivity contribution in [2.24, 2.45) is 5.92 Å². The average Bonchev–Trinajstić information content (AvgIpc) is 3.18. The van der Waals surface area contributed by atoms with Crippen LogP contribution in [0.3, 0.4) is 0 Å². The Bertz CT molecular complexity index is 714. The Kier molecular flexibility index (Phi) is 18.0. The lowest BCUT2D eigenvalue weighted by molar-refractivity contribution is -0.703. The maximum atomic E-state index is 9.41. The van der Waals surface area contributed by atoms with Gasteiger partial charge in [-0.05, 0) is 17.9 Å². The highest BCUT2D eigenvalue weighted by atomic mass is 35.5. The molecular formula is C30H51ClN2O. The number of halogens is 1. The second kappa shape index (κ2) is 19.9. The van der Waals surface area contributed by atoms with Crippen LogP contribution in [0.5, 0.6) is 0 Å². The lowest BCUT2D eigenvalue weighted by Gasteiger charge is -2.04. The number of hydrogen-bond acceptors (Lipinski definition) is 1. The van der Waals surface area contributed by atoms with E-state index in [9.17, 15) is 5.11 Å². The van der Waals surface area contributed by atoms with Crippen molar-refractivity contribution in [3.63, 3.8) is 0 Å². The first-order chi connectivity index (χ1) is 16.2. The molecule has 0 aliphatic rings. The number of aromatic nitrogens is 2. The first kappa shape index (κ1) is 30.7. The molecular weight excluding hydrogens is 440 g/mol. The van der Waals surface area contributed by atoms with Crippen molar-refractivity contribution in [2.75, 3.05) is 6.61 Å². The van der Waals surface area contributed by atoms with Crippen LogP contribution in [0.1, 0.15) is 121 Å². The molecule has 0 aliphatic carbocycles. The monoisotopic (exact) mass is 490 g/mol. The van der Waals surface area contributed by atoms with E-state index in [1.807, 2.05) is 0 Å². The van der Waals surface area contributed by atoms with Crippen molar-refractivity contribution in [3.05, 3.63) is 53.6 Å². The van der Waals surface area contributed by atoms with Crippen molar-refractivity contribution in [3.8, 4) is 0 Å². The first-order valence-corrected chi connectivity index (χ1v) is 13.9. The van der Waals surface area contributed by atoms with Crippen LogP contribution in [0.25, 0.3) is 0 Å². The van der Waals surface area contributed by atoms with Crippen molar-refractivity contribution < 1.29 is 22.1 Å². The molecule has 0 aliphatic heterocycles. The summed E-state index contributed by atoms with van der Waals surface area (Å²) in [6.45, 7) is 5.51. The van der Waals surface area contributed by atoms with Crippen LogP contribution in [0.15, 0.2) is 36.5 Å². The fourth-order valence-electron chi connectivity index (χ4n) is 4.74. The summed E-state index contributed by atoms with van der Waals surface area (Å²) in [4.78, 5) is 3.62. The minimum atomic E-state index is 0. The van der Waals surface area contributed by atoms with Crippen LogP contribution in [0.4, 0.5) is 0 Å². The molecule has 194 valence electrons. The van der Waals surface area contributed by atoms with Crippen LogP contribution in [0.2, 0.25) is 0 Å². The van der Waals surface area contributed by atoms with Crippen LogP contribution in [0, 0.1) is 5.92 Å². The zero-order valence-corrected chi connectivity index (χ0v) is 22.8. The molecule has 0 spiro atoms. The fourth-order valence-corrected chi connectivity index (χ4v) is 4.74. The van der Waals surface area contributed by atoms with Gasteiger partial charge in [-0.25, -0.2) is 9.55 Å². The molecule has 1 aromatic carbocycles. The largest absolute Gasteiger partial charge is 1.00 e. The molecule has 0 unspecified atom stereocenters. The van der Waals surface area contributed by atoms with E-state index in [2.05, 4.69) is 59.9 Å². The summed E-state index contributed by atoms with van der Waals surface area (Å²) >= 11 is 0. The van der Waals surface area contributed by atoms with Gasteiger partial charge in [-0.15, -0.1) is 0 Å². The van der Waals surface area contributed by atoms with Crippen LogP contribution < -0.4 is 17.0 Å². The van der Waals surface area contributed by atoms with Crippen LogP contribution in [-0.4, -0.2) is 16.7 Å². The third kappa shape index (κ3) is 14.2. The van der Waals surface area contributed by atoms with Crippen LogP contribution >= 0.6 is 0 Å². The van der Waals surface area contributed by atoms with E-state index in [-0.39, 0.29) is 19.0 Å². The summed E-state index contributed by atoms with van der Waals surface area (Å²) < 4.78 is 2.19. The van der Waals surface area contributed by atoms with Crippen molar-refractivity contribution >= 4 is 0 Å². The Balaban J connectivity index is 0.00000578. The number of nitrogens with zero attached hydrogens (tertiary/aromatic N) is 1. The number of aliphatic hydroxyl groups is 1. The molecule has 1 aromatic heterocycles. The standard InChI is InChI=1S/C30H50N2O.ClH/c1-27(2)19-15-12-10-8-6-4-3-5-7-9-11-13-18-22-29-26-32(23-24-33)30(31-29)25-28-20-16-14-17-21-28;/h14,16-17,20-21,26-27,33H,3-13,15,18-19,22-25H2,1-2H3;1H. The minimum Gasteiger partial charge on any atom is -1.00 e. The van der Waals surface area contributed by atoms with E-state index in [4.69, 9.17) is 0 Å². The third-order valence-electron chi connectivity index (χ3n) is 6.75. The Hall–Kier alpha value is -1.32. The SMILES string of the molecule is CC(C)CCCCCCCCCCCCCCCc1c[n+](CCO)c(Cc2ccccc2)[nH]1.[Cl-]. The number of unbranched alkanes of at least 4 members (excludes halogenated alkanes) is 12. The van der Waals surface area contributed by atoms with Crippen molar-refractivity contribution in [1.82, 2.24) is 4.98 Å². The van der Waals surface area contributed by atoms with E-state index < -0.39 is 0 Å². The number of imidazole rings is 1. The summed E-state index contributed by atoms with van der Waals surface area (Å²) in [6, 6.07) is 10.6. The summed E-state index contributed by atoms with van der Waals surface area (Å²) in [5.41, 5.74) is 2.61. The summed E-state index contributed by atoms with van der Waals surface area (Å²) in [5, 5.41) is 9.41. The van der Waals surface area contributed by atoms with E-state index in [0.717, 1.165) is 18.8 Å². The number of benzene rings is 1. The highest BCUT2D eigenvalue weighted by Gasteiger charge is 2.15. The lowest BCUT2D eigenvalue weighted by Crippen LogP contribution is -3.00. The van der Waals surface area contributed by atoms with Gasteiger partial charge in [0.15, 0.2) is 0 Å². The number of hydrogen-bond donors (Lipinski definition) is 2. The Morgan fingerprint density at radius 1 is 0.765 bits per heavy atom. The average molecular weight is 491 g/mol. The highest BCUT2D eigenvalue weighted by molar-refractivity contribution is 5.18. The second-order valence-electron chi connectivity index (χ2n) is 10.3. The zero-order valence-electron chi connectivity index (χ0n) is 22.0. The highest BCUT2D eigenvalue weighted by Crippen LogP contribution is 2.15. The van der Waals surface area contributed by atoms with Gasteiger partial charge in [0.1, 0.15) is 18.4 Å². The molecule has 0 fully saturated rings. The van der Waals surface area contributed by atoms with Crippen molar-refractivity contribution in [1.29, 1.82) is 0 Å². The third-order valence-corrected chi connectivity index (χ3v) is 6.75. The number of aryl methyl sites for hydroxylation is 1. The smallest absolute Gasteiger partial charge is 0.258 e. The predicted molar refractivity (Wildman–Crippen MR) is 141 cm³/mol. The Morgan fingerprint density at radius 3 is 1.82 bits per heavy atom. The molecule has 0 radical (unpaired) electrons. The summed E-state index contributed by atoms with van der Waals surface area (Å²) in [7, 11) is 0. The molecule has 34 heavy (non-hydrogen) atoms. The number of aromatic amines is 1. The molecule has 3 nitrogen and oxygen atoms in total. The number of nitrogens with one attached hydrogen (secondary N) is 1. The second-order valence-corrected chi connectivity index (χ2v) is 10.3. The molecule has 0 atom stereocenters. The van der Waals surface area contributed by atoms with E-state index in [0.29, 0.717) is 6.54 Å². The summed E-state index contributed by atoms with van der Waals surface area (Å²) in [6.07, 6.45) is 23.9. The fraction of sp³-hybridized carbons (Fsp3) is 0.700. The van der Waals surface area contributed by atoms with Gasteiger partial charge in [0.2, 0.25) is 0 Å². The van der Waals surface area contributed by atoms with Crippen LogP contribution in [-0.2, 0) is 19.4 Å². The molecule has 4 heteroatoms. The predicted octanol–water partition coefficient (Wildman–Crippen LogP) is 4.55. The van der Waals surface area contributed by atoms with Gasteiger partial charge in [-0.1, -0.05) is 128 Å². The molecule has 2 aromatic rings. The number of H-pyrrole nitrogens is 1.